The molecule has 0 saturated carbocycles. The molecule has 0 unspecified atom stereocenters. The Hall–Kier alpha value is -2.65. The van der Waals surface area contributed by atoms with Crippen LogP contribution in [-0.2, 0) is 14.8 Å². The van der Waals surface area contributed by atoms with Gasteiger partial charge in [0.05, 0.1) is 32.7 Å². The summed E-state index contributed by atoms with van der Waals surface area (Å²) in [4.78, 5) is 12.1. The number of methoxy groups -OCH3 is 2. The van der Waals surface area contributed by atoms with Crippen LogP contribution in [0.5, 0.6) is 17.2 Å². The van der Waals surface area contributed by atoms with Crippen molar-refractivity contribution in [3.63, 3.8) is 0 Å². The van der Waals surface area contributed by atoms with Gasteiger partial charge in [-0.2, -0.15) is 0 Å². The topological polar surface area (TPSA) is 94.2 Å². The lowest BCUT2D eigenvalue weighted by molar-refractivity contribution is -0.121. The van der Waals surface area contributed by atoms with Crippen LogP contribution in [0.4, 0.5) is 5.69 Å². The molecular weight excluding hydrogens is 444 g/mol. The largest absolute Gasteiger partial charge is 0.495 e. The fourth-order valence-corrected chi connectivity index (χ4v) is 4.01. The zero-order chi connectivity index (χ0) is 22.9. The van der Waals surface area contributed by atoms with Crippen LogP contribution >= 0.6 is 11.6 Å². The highest BCUT2D eigenvalue weighted by Crippen LogP contribution is 2.33. The third-order valence-corrected chi connectivity index (χ3v) is 5.74. The van der Waals surface area contributed by atoms with Gasteiger partial charge in [0.25, 0.3) is 0 Å². The number of nitrogens with one attached hydrogen (secondary N) is 1. The Balaban J connectivity index is 1.84. The highest BCUT2D eigenvalue weighted by Gasteiger charge is 2.21. The Morgan fingerprint density at radius 3 is 2.39 bits per heavy atom. The predicted octanol–water partition coefficient (Wildman–Crippen LogP) is 3.10. The van der Waals surface area contributed by atoms with Crippen molar-refractivity contribution < 1.29 is 27.4 Å². The smallest absolute Gasteiger partial charge is 0.232 e. The predicted molar refractivity (Wildman–Crippen MR) is 121 cm³/mol. The summed E-state index contributed by atoms with van der Waals surface area (Å²) in [6, 6.07) is 12.0. The van der Waals surface area contributed by atoms with Crippen LogP contribution < -0.4 is 23.8 Å². The van der Waals surface area contributed by atoms with Gasteiger partial charge in [-0.3, -0.25) is 9.10 Å². The summed E-state index contributed by atoms with van der Waals surface area (Å²) in [5, 5.41) is 3.14. The van der Waals surface area contributed by atoms with E-state index in [1.807, 2.05) is 12.1 Å². The van der Waals surface area contributed by atoms with E-state index in [4.69, 9.17) is 25.8 Å². The Kier molecular flexibility index (Phi) is 9.26. The molecular formula is C21H27ClN2O6S. The van der Waals surface area contributed by atoms with Crippen LogP contribution in [0.2, 0.25) is 5.02 Å². The molecule has 0 fully saturated rings. The average molecular weight is 471 g/mol. The molecule has 1 amide bonds. The lowest BCUT2D eigenvalue weighted by Crippen LogP contribution is -2.33. The van der Waals surface area contributed by atoms with Gasteiger partial charge >= 0.3 is 0 Å². The van der Waals surface area contributed by atoms with Crippen LogP contribution in [0, 0.1) is 0 Å². The van der Waals surface area contributed by atoms with Crippen LogP contribution in [0.3, 0.4) is 0 Å². The summed E-state index contributed by atoms with van der Waals surface area (Å²) in [6.07, 6.45) is 1.58. The normalized spacial score (nSPS) is 11.0. The molecule has 0 aliphatic heterocycles. The third-order valence-electron chi connectivity index (χ3n) is 4.33. The second-order valence-electron chi connectivity index (χ2n) is 6.60. The number of para-hydroxylation sites is 2. The molecule has 31 heavy (non-hydrogen) atoms. The Morgan fingerprint density at radius 2 is 1.74 bits per heavy atom. The second kappa shape index (κ2) is 11.7. The maximum atomic E-state index is 12.3. The molecule has 0 heterocycles. The molecule has 2 aromatic rings. The number of amides is 1. The van der Waals surface area contributed by atoms with Gasteiger partial charge in [0.1, 0.15) is 12.4 Å². The van der Waals surface area contributed by atoms with Gasteiger partial charge in [-0.05, 0) is 36.8 Å². The average Bonchev–Trinajstić information content (AvgIpc) is 2.73. The Labute approximate surface area is 188 Å². The first kappa shape index (κ1) is 24.6. The van der Waals surface area contributed by atoms with Crippen LogP contribution in [-0.4, -0.2) is 54.5 Å². The van der Waals surface area contributed by atoms with E-state index < -0.39 is 10.0 Å². The fraction of sp³-hybridized carbons (Fsp3) is 0.381. The van der Waals surface area contributed by atoms with E-state index in [0.29, 0.717) is 40.9 Å². The number of ether oxygens (including phenoxy) is 3. The number of nitrogens with zero attached hydrogens (tertiary/aromatic N) is 1. The number of sulfonamides is 1. The zero-order valence-electron chi connectivity index (χ0n) is 17.8. The highest BCUT2D eigenvalue weighted by molar-refractivity contribution is 7.92. The van der Waals surface area contributed by atoms with E-state index in [9.17, 15) is 13.2 Å². The molecule has 0 aliphatic rings. The summed E-state index contributed by atoms with van der Waals surface area (Å²) < 4.78 is 41.8. The minimum Gasteiger partial charge on any atom is -0.495 e. The standard InChI is InChI=1S/C21H27ClN2O6S/c1-28-18-11-10-16(22)15-17(18)24(31(3,26)27)13-6-9-21(25)23-12-14-30-20-8-5-4-7-19(20)29-2/h4-5,7-8,10-11,15H,6,9,12-14H2,1-3H3,(H,23,25). The lowest BCUT2D eigenvalue weighted by atomic mass is 10.2. The van der Waals surface area contributed by atoms with E-state index in [1.165, 1.54) is 17.5 Å². The quantitative estimate of drug-likeness (QED) is 0.479. The summed E-state index contributed by atoms with van der Waals surface area (Å²) in [7, 11) is -0.582. The SMILES string of the molecule is COc1ccccc1OCCNC(=O)CCCN(c1cc(Cl)ccc1OC)S(C)(=O)=O. The first-order chi connectivity index (χ1) is 14.8. The fourth-order valence-electron chi connectivity index (χ4n) is 2.88. The summed E-state index contributed by atoms with van der Waals surface area (Å²) in [5.74, 6) is 1.40. The van der Waals surface area contributed by atoms with Crippen LogP contribution in [0.15, 0.2) is 42.5 Å². The van der Waals surface area contributed by atoms with Crippen molar-refractivity contribution in [3.8, 4) is 17.2 Å². The lowest BCUT2D eigenvalue weighted by Gasteiger charge is -2.24. The minimum atomic E-state index is -3.59. The number of hydrogen-bond acceptors (Lipinski definition) is 6. The van der Waals surface area contributed by atoms with Gasteiger partial charge in [0.2, 0.25) is 15.9 Å². The van der Waals surface area contributed by atoms with Gasteiger partial charge in [-0.1, -0.05) is 23.7 Å². The van der Waals surface area contributed by atoms with Crippen molar-refractivity contribution in [1.82, 2.24) is 5.32 Å². The van der Waals surface area contributed by atoms with Crippen molar-refractivity contribution in [3.05, 3.63) is 47.5 Å². The third kappa shape index (κ3) is 7.52. The number of hydrogen-bond donors (Lipinski definition) is 1. The number of carbonyl (C=O) groups excluding carboxylic acids is 1. The Bertz CT molecular complexity index is 984. The molecule has 0 saturated heterocycles. The summed E-state index contributed by atoms with van der Waals surface area (Å²) in [6.45, 7) is 0.705. The van der Waals surface area contributed by atoms with Crippen molar-refractivity contribution in [2.45, 2.75) is 12.8 Å². The maximum absolute atomic E-state index is 12.3. The van der Waals surface area contributed by atoms with Crippen LogP contribution in [0.1, 0.15) is 12.8 Å². The number of halogens is 1. The molecule has 0 radical (unpaired) electrons. The molecule has 1 N–H and O–H groups in total. The molecule has 2 rings (SSSR count). The number of carbonyl (C=O) groups is 1. The number of rotatable bonds is 12. The van der Waals surface area contributed by atoms with E-state index in [-0.39, 0.29) is 25.5 Å². The number of anilines is 1. The number of benzene rings is 2. The van der Waals surface area contributed by atoms with Gasteiger partial charge < -0.3 is 19.5 Å². The van der Waals surface area contributed by atoms with Gasteiger partial charge in [-0.15, -0.1) is 0 Å². The molecule has 0 aliphatic carbocycles. The summed E-state index contributed by atoms with van der Waals surface area (Å²) >= 11 is 6.03. The van der Waals surface area contributed by atoms with E-state index in [2.05, 4.69) is 5.32 Å². The van der Waals surface area contributed by atoms with Gasteiger partial charge in [0, 0.05) is 18.0 Å². The molecule has 0 aromatic heterocycles. The monoisotopic (exact) mass is 470 g/mol. The molecule has 170 valence electrons. The molecule has 0 atom stereocenters. The maximum Gasteiger partial charge on any atom is 0.232 e. The molecule has 10 heteroatoms. The van der Waals surface area contributed by atoms with E-state index in [0.717, 1.165) is 6.26 Å². The molecule has 0 spiro atoms. The molecule has 0 bridgehead atoms. The molecule has 8 nitrogen and oxygen atoms in total. The molecule has 2 aromatic carbocycles. The van der Waals surface area contributed by atoms with Crippen LogP contribution in [0.25, 0.3) is 0 Å². The first-order valence-electron chi connectivity index (χ1n) is 9.60. The van der Waals surface area contributed by atoms with Gasteiger partial charge in [0.15, 0.2) is 11.5 Å². The van der Waals surface area contributed by atoms with Crippen molar-refractivity contribution in [2.24, 2.45) is 0 Å². The van der Waals surface area contributed by atoms with Crippen molar-refractivity contribution >= 4 is 33.2 Å². The second-order valence-corrected chi connectivity index (χ2v) is 8.95. The van der Waals surface area contributed by atoms with E-state index >= 15 is 0 Å². The van der Waals surface area contributed by atoms with Crippen molar-refractivity contribution in [1.29, 1.82) is 0 Å². The first-order valence-corrected chi connectivity index (χ1v) is 11.8. The van der Waals surface area contributed by atoms with E-state index in [1.54, 1.807) is 31.4 Å². The zero-order valence-corrected chi connectivity index (χ0v) is 19.3. The van der Waals surface area contributed by atoms with Crippen molar-refractivity contribution in [2.75, 3.05) is 44.5 Å². The summed E-state index contributed by atoms with van der Waals surface area (Å²) in [5.41, 5.74) is 0.336. The highest BCUT2D eigenvalue weighted by atomic mass is 35.5. The minimum absolute atomic E-state index is 0.112. The Morgan fingerprint density at radius 1 is 1.06 bits per heavy atom. The van der Waals surface area contributed by atoms with Gasteiger partial charge in [-0.25, -0.2) is 8.42 Å².